The van der Waals surface area contributed by atoms with E-state index < -0.39 is 17.8 Å². The zero-order valence-corrected chi connectivity index (χ0v) is 14.6. The molecule has 136 valence electrons. The third-order valence-corrected chi connectivity index (χ3v) is 3.35. The zero-order chi connectivity index (χ0) is 18.9. The Kier molecular flexibility index (Phi) is 6.73. The summed E-state index contributed by atoms with van der Waals surface area (Å²) in [5, 5.41) is 5.23. The summed E-state index contributed by atoms with van der Waals surface area (Å²) in [6.45, 7) is 2.30. The molecule has 2 amide bonds. The molecule has 0 aromatic heterocycles. The summed E-state index contributed by atoms with van der Waals surface area (Å²) in [6, 6.07) is 13.3. The predicted molar refractivity (Wildman–Crippen MR) is 97.3 cm³/mol. The first-order chi connectivity index (χ1) is 12.5. The fraction of sp³-hybridized carbons (Fsp3) is 0.211. The van der Waals surface area contributed by atoms with E-state index in [0.29, 0.717) is 29.3 Å². The maximum Gasteiger partial charge on any atom is 0.337 e. The Morgan fingerprint density at radius 2 is 1.69 bits per heavy atom. The van der Waals surface area contributed by atoms with Crippen LogP contribution in [0.2, 0.25) is 0 Å². The summed E-state index contributed by atoms with van der Waals surface area (Å²) < 4.78 is 10.1. The van der Waals surface area contributed by atoms with Gasteiger partial charge in [-0.15, -0.1) is 0 Å². The van der Waals surface area contributed by atoms with Gasteiger partial charge in [0.25, 0.3) is 0 Å². The van der Waals surface area contributed by atoms with Gasteiger partial charge in [-0.3, -0.25) is 9.59 Å². The maximum absolute atomic E-state index is 12.1. The molecule has 0 heterocycles. The number of anilines is 2. The number of para-hydroxylation sites is 2. The minimum atomic E-state index is -0.508. The van der Waals surface area contributed by atoms with E-state index in [1.807, 2.05) is 6.92 Å². The summed E-state index contributed by atoms with van der Waals surface area (Å²) in [6.07, 6.45) is -0.372. The highest BCUT2D eigenvalue weighted by atomic mass is 16.5. The average Bonchev–Trinajstić information content (AvgIpc) is 2.63. The van der Waals surface area contributed by atoms with E-state index in [1.165, 1.54) is 13.2 Å². The van der Waals surface area contributed by atoms with E-state index in [0.717, 1.165) is 0 Å². The number of benzene rings is 2. The quantitative estimate of drug-likeness (QED) is 0.588. The second kappa shape index (κ2) is 9.22. The third-order valence-electron chi connectivity index (χ3n) is 3.35. The summed E-state index contributed by atoms with van der Waals surface area (Å²) in [5.41, 5.74) is 1.21. The summed E-state index contributed by atoms with van der Waals surface area (Å²) in [4.78, 5) is 35.7. The van der Waals surface area contributed by atoms with Crippen LogP contribution < -0.4 is 15.4 Å². The second-order valence-corrected chi connectivity index (χ2v) is 5.27. The van der Waals surface area contributed by atoms with Gasteiger partial charge in [0.15, 0.2) is 0 Å². The van der Waals surface area contributed by atoms with Crippen LogP contribution in [0.1, 0.15) is 23.7 Å². The Balaban J connectivity index is 1.96. The molecule has 2 aromatic rings. The number of carbonyl (C=O) groups excluding carboxylic acids is 3. The van der Waals surface area contributed by atoms with Crippen LogP contribution in [-0.4, -0.2) is 31.5 Å². The molecule has 26 heavy (non-hydrogen) atoms. The molecule has 0 spiro atoms. The van der Waals surface area contributed by atoms with Crippen LogP contribution in [0.15, 0.2) is 48.5 Å². The average molecular weight is 356 g/mol. The van der Waals surface area contributed by atoms with E-state index in [1.54, 1.807) is 42.5 Å². The smallest absolute Gasteiger partial charge is 0.337 e. The molecule has 0 fully saturated rings. The van der Waals surface area contributed by atoms with Crippen molar-refractivity contribution in [2.45, 2.75) is 13.3 Å². The number of rotatable bonds is 7. The molecule has 0 saturated heterocycles. The number of hydrogen-bond acceptors (Lipinski definition) is 5. The first-order valence-corrected chi connectivity index (χ1v) is 8.03. The van der Waals surface area contributed by atoms with Gasteiger partial charge >= 0.3 is 5.97 Å². The molecular formula is C19H20N2O5. The zero-order valence-electron chi connectivity index (χ0n) is 14.6. The second-order valence-electron chi connectivity index (χ2n) is 5.27. The minimum Gasteiger partial charge on any atom is -0.492 e. The van der Waals surface area contributed by atoms with Crippen molar-refractivity contribution < 1.29 is 23.9 Å². The Bertz CT molecular complexity index is 804. The number of amides is 2. The Morgan fingerprint density at radius 1 is 0.962 bits per heavy atom. The van der Waals surface area contributed by atoms with Crippen molar-refractivity contribution in [3.05, 3.63) is 54.1 Å². The van der Waals surface area contributed by atoms with Gasteiger partial charge in [-0.05, 0) is 37.3 Å². The summed E-state index contributed by atoms with van der Waals surface area (Å²) in [7, 11) is 1.28. The molecule has 0 aliphatic heterocycles. The van der Waals surface area contributed by atoms with Crippen LogP contribution in [0.3, 0.4) is 0 Å². The van der Waals surface area contributed by atoms with Gasteiger partial charge in [0, 0.05) is 5.69 Å². The van der Waals surface area contributed by atoms with Crippen molar-refractivity contribution in [2.24, 2.45) is 0 Å². The van der Waals surface area contributed by atoms with E-state index >= 15 is 0 Å². The molecule has 0 atom stereocenters. The highest BCUT2D eigenvalue weighted by Crippen LogP contribution is 2.23. The molecule has 0 radical (unpaired) electrons. The Morgan fingerprint density at radius 3 is 2.42 bits per heavy atom. The number of ether oxygens (including phenoxy) is 2. The molecule has 7 heteroatoms. The summed E-state index contributed by atoms with van der Waals surface area (Å²) >= 11 is 0. The van der Waals surface area contributed by atoms with E-state index in [-0.39, 0.29) is 6.42 Å². The molecule has 2 aromatic carbocycles. The largest absolute Gasteiger partial charge is 0.492 e. The molecule has 0 aliphatic carbocycles. The van der Waals surface area contributed by atoms with E-state index in [2.05, 4.69) is 15.4 Å². The van der Waals surface area contributed by atoms with Crippen LogP contribution in [-0.2, 0) is 14.3 Å². The number of methoxy groups -OCH3 is 1. The SMILES string of the molecule is CCOc1ccccc1NC(=O)CC(=O)Nc1cccc(C(=O)OC)c1. The molecule has 0 bridgehead atoms. The Hall–Kier alpha value is -3.35. The van der Waals surface area contributed by atoms with Gasteiger partial charge in [0.2, 0.25) is 11.8 Å². The lowest BCUT2D eigenvalue weighted by Gasteiger charge is -2.11. The van der Waals surface area contributed by atoms with Crippen molar-refractivity contribution in [3.8, 4) is 5.75 Å². The maximum atomic E-state index is 12.1. The van der Waals surface area contributed by atoms with Crippen molar-refractivity contribution in [2.75, 3.05) is 24.4 Å². The van der Waals surface area contributed by atoms with Gasteiger partial charge in [0.1, 0.15) is 12.2 Å². The molecular weight excluding hydrogens is 336 g/mol. The van der Waals surface area contributed by atoms with Gasteiger partial charge in [-0.1, -0.05) is 18.2 Å². The first kappa shape index (κ1) is 19.0. The normalized spacial score (nSPS) is 9.92. The lowest BCUT2D eigenvalue weighted by molar-refractivity contribution is -0.123. The third kappa shape index (κ3) is 5.34. The first-order valence-electron chi connectivity index (χ1n) is 8.03. The van der Waals surface area contributed by atoms with Gasteiger partial charge in [0.05, 0.1) is 25.0 Å². The fourth-order valence-corrected chi connectivity index (χ4v) is 2.24. The monoisotopic (exact) mass is 356 g/mol. The predicted octanol–water partition coefficient (Wildman–Crippen LogP) is 2.84. The number of carbonyl (C=O) groups is 3. The molecule has 7 nitrogen and oxygen atoms in total. The molecule has 0 aliphatic rings. The van der Waals surface area contributed by atoms with Crippen LogP contribution in [0.5, 0.6) is 5.75 Å². The van der Waals surface area contributed by atoms with Crippen molar-refractivity contribution >= 4 is 29.2 Å². The standard InChI is InChI=1S/C19H20N2O5/c1-3-26-16-10-5-4-9-15(16)21-18(23)12-17(22)20-14-8-6-7-13(11-14)19(24)25-2/h4-11H,3,12H2,1-2H3,(H,20,22)(H,21,23). The Labute approximate surface area is 151 Å². The molecule has 0 unspecified atom stereocenters. The van der Waals surface area contributed by atoms with Gasteiger partial charge in [-0.2, -0.15) is 0 Å². The molecule has 2 N–H and O–H groups in total. The molecule has 2 rings (SSSR count). The number of nitrogens with one attached hydrogen (secondary N) is 2. The lowest BCUT2D eigenvalue weighted by Crippen LogP contribution is -2.21. The number of hydrogen-bond donors (Lipinski definition) is 2. The number of esters is 1. The summed E-state index contributed by atoms with van der Waals surface area (Å²) in [5.74, 6) is -0.946. The van der Waals surface area contributed by atoms with Crippen LogP contribution in [0.25, 0.3) is 0 Å². The van der Waals surface area contributed by atoms with Crippen molar-refractivity contribution in [3.63, 3.8) is 0 Å². The topological polar surface area (TPSA) is 93.7 Å². The van der Waals surface area contributed by atoms with Gasteiger partial charge < -0.3 is 20.1 Å². The highest BCUT2D eigenvalue weighted by molar-refractivity contribution is 6.08. The van der Waals surface area contributed by atoms with Crippen LogP contribution in [0, 0.1) is 0 Å². The van der Waals surface area contributed by atoms with E-state index in [9.17, 15) is 14.4 Å². The highest BCUT2D eigenvalue weighted by Gasteiger charge is 2.13. The molecule has 0 saturated carbocycles. The fourth-order valence-electron chi connectivity index (χ4n) is 2.24. The van der Waals surface area contributed by atoms with Crippen molar-refractivity contribution in [1.29, 1.82) is 0 Å². The van der Waals surface area contributed by atoms with Crippen LogP contribution in [0.4, 0.5) is 11.4 Å². The van der Waals surface area contributed by atoms with E-state index in [4.69, 9.17) is 4.74 Å². The lowest BCUT2D eigenvalue weighted by atomic mass is 10.2. The minimum absolute atomic E-state index is 0.306. The van der Waals surface area contributed by atoms with Gasteiger partial charge in [-0.25, -0.2) is 4.79 Å². The van der Waals surface area contributed by atoms with Crippen LogP contribution >= 0.6 is 0 Å². The van der Waals surface area contributed by atoms with Crippen molar-refractivity contribution in [1.82, 2.24) is 0 Å².